The first-order valence-corrected chi connectivity index (χ1v) is 5.05. The Morgan fingerprint density at radius 1 is 1.36 bits per heavy atom. The van der Waals surface area contributed by atoms with Gasteiger partial charge in [0.25, 0.3) is 0 Å². The number of aldehydes is 2. The van der Waals surface area contributed by atoms with Crippen molar-refractivity contribution < 1.29 is 14.7 Å². The molecule has 0 aromatic carbocycles. The van der Waals surface area contributed by atoms with Gasteiger partial charge in [0.1, 0.15) is 12.4 Å². The lowest BCUT2D eigenvalue weighted by Crippen LogP contribution is -2.51. The first-order chi connectivity index (χ1) is 6.70. The summed E-state index contributed by atoms with van der Waals surface area (Å²) in [5.41, 5.74) is 0. The molecule has 4 nitrogen and oxygen atoms in total. The molecule has 1 aliphatic heterocycles. The first kappa shape index (κ1) is 11.3. The highest BCUT2D eigenvalue weighted by Crippen LogP contribution is 2.19. The Balaban J connectivity index is 2.66. The maximum absolute atomic E-state index is 10.8. The van der Waals surface area contributed by atoms with Crippen LogP contribution in [0.2, 0.25) is 0 Å². The van der Waals surface area contributed by atoms with Crippen LogP contribution in [0.15, 0.2) is 0 Å². The molecule has 14 heavy (non-hydrogen) atoms. The number of nitrogens with zero attached hydrogens (tertiary/aromatic N) is 1. The minimum Gasteiger partial charge on any atom is -0.384 e. The Morgan fingerprint density at radius 3 is 2.57 bits per heavy atom. The van der Waals surface area contributed by atoms with Crippen LogP contribution in [0.4, 0.5) is 0 Å². The van der Waals surface area contributed by atoms with Crippen molar-refractivity contribution in [2.24, 2.45) is 0 Å². The van der Waals surface area contributed by atoms with Crippen molar-refractivity contribution in [3.8, 4) is 0 Å². The minimum absolute atomic E-state index is 0.272. The van der Waals surface area contributed by atoms with E-state index in [-0.39, 0.29) is 6.04 Å². The Labute approximate surface area is 83.9 Å². The van der Waals surface area contributed by atoms with Gasteiger partial charge < -0.3 is 14.7 Å². The van der Waals surface area contributed by atoms with Gasteiger partial charge in [-0.15, -0.1) is 0 Å². The lowest BCUT2D eigenvalue weighted by molar-refractivity contribution is -0.127. The van der Waals surface area contributed by atoms with Crippen molar-refractivity contribution in [3.63, 3.8) is 0 Å². The summed E-state index contributed by atoms with van der Waals surface area (Å²) in [7, 11) is 0. The van der Waals surface area contributed by atoms with E-state index >= 15 is 0 Å². The summed E-state index contributed by atoms with van der Waals surface area (Å²) in [6, 6.07) is -0.392. The average molecular weight is 199 g/mol. The summed E-state index contributed by atoms with van der Waals surface area (Å²) in [6.45, 7) is 2.81. The molecule has 3 unspecified atom stereocenters. The quantitative estimate of drug-likeness (QED) is 0.647. The molecule has 1 heterocycles. The van der Waals surface area contributed by atoms with Crippen molar-refractivity contribution in [2.75, 3.05) is 6.54 Å². The molecular weight excluding hydrogens is 182 g/mol. The van der Waals surface area contributed by atoms with E-state index in [0.29, 0.717) is 12.6 Å². The maximum atomic E-state index is 10.8. The van der Waals surface area contributed by atoms with Gasteiger partial charge in [-0.05, 0) is 26.3 Å². The molecule has 0 aromatic heterocycles. The van der Waals surface area contributed by atoms with E-state index in [1.54, 1.807) is 0 Å². The molecule has 3 atom stereocenters. The third-order valence-electron chi connectivity index (χ3n) is 2.87. The van der Waals surface area contributed by atoms with Gasteiger partial charge in [0, 0.05) is 6.04 Å². The Hall–Kier alpha value is -0.740. The van der Waals surface area contributed by atoms with E-state index in [1.807, 2.05) is 11.8 Å². The van der Waals surface area contributed by atoms with E-state index in [9.17, 15) is 14.7 Å². The molecule has 1 aliphatic rings. The van der Waals surface area contributed by atoms with Gasteiger partial charge in [0.05, 0.1) is 6.04 Å². The zero-order valence-electron chi connectivity index (χ0n) is 8.43. The van der Waals surface area contributed by atoms with Crippen LogP contribution in [0.3, 0.4) is 0 Å². The minimum atomic E-state index is -1.19. The fraction of sp³-hybridized carbons (Fsp3) is 0.800. The van der Waals surface area contributed by atoms with E-state index in [0.717, 1.165) is 25.8 Å². The second-order valence-corrected chi connectivity index (χ2v) is 3.84. The Morgan fingerprint density at radius 2 is 2.07 bits per heavy atom. The third kappa shape index (κ3) is 2.39. The number of likely N-dealkylation sites (tertiary alicyclic amines) is 1. The topological polar surface area (TPSA) is 57.6 Å². The molecule has 0 aromatic rings. The summed E-state index contributed by atoms with van der Waals surface area (Å²) >= 11 is 0. The van der Waals surface area contributed by atoms with Crippen LogP contribution in [-0.4, -0.2) is 47.3 Å². The van der Waals surface area contributed by atoms with Crippen LogP contribution < -0.4 is 0 Å². The molecule has 1 N–H and O–H groups in total. The normalized spacial score (nSPS) is 28.0. The third-order valence-corrected chi connectivity index (χ3v) is 2.87. The molecule has 0 aliphatic carbocycles. The molecule has 1 saturated heterocycles. The summed E-state index contributed by atoms with van der Waals surface area (Å²) in [5, 5.41) is 9.35. The second-order valence-electron chi connectivity index (χ2n) is 3.84. The van der Waals surface area contributed by atoms with Crippen LogP contribution >= 0.6 is 0 Å². The number of aliphatic hydroxyl groups is 1. The fourth-order valence-electron chi connectivity index (χ4n) is 2.00. The lowest BCUT2D eigenvalue weighted by atomic mass is 9.99. The standard InChI is InChI=1S/C10H17NO3/c1-8-4-2-3-5-11(8)9(6-12)10(14)7-13/h6-10,14H,2-5H2,1H3. The summed E-state index contributed by atoms with van der Waals surface area (Å²) < 4.78 is 0. The number of carbonyl (C=O) groups is 2. The maximum Gasteiger partial charge on any atom is 0.150 e. The summed E-state index contributed by atoms with van der Waals surface area (Å²) in [5.74, 6) is 0. The average Bonchev–Trinajstić information content (AvgIpc) is 2.21. The molecule has 1 fully saturated rings. The smallest absolute Gasteiger partial charge is 0.150 e. The summed E-state index contributed by atoms with van der Waals surface area (Å²) in [6.07, 6.45) is 3.12. The first-order valence-electron chi connectivity index (χ1n) is 5.05. The Bertz CT molecular complexity index is 208. The van der Waals surface area contributed by atoms with E-state index in [1.165, 1.54) is 0 Å². The van der Waals surface area contributed by atoms with Crippen LogP contribution in [0.5, 0.6) is 0 Å². The van der Waals surface area contributed by atoms with Gasteiger partial charge in [-0.2, -0.15) is 0 Å². The zero-order valence-corrected chi connectivity index (χ0v) is 8.43. The monoisotopic (exact) mass is 199 g/mol. The van der Waals surface area contributed by atoms with Crippen LogP contribution in [0.1, 0.15) is 26.2 Å². The molecule has 0 amide bonds. The summed E-state index contributed by atoms with van der Waals surface area (Å²) in [4.78, 5) is 23.1. The van der Waals surface area contributed by atoms with E-state index < -0.39 is 12.1 Å². The fourth-order valence-corrected chi connectivity index (χ4v) is 2.00. The van der Waals surface area contributed by atoms with Gasteiger partial charge in [-0.25, -0.2) is 0 Å². The van der Waals surface area contributed by atoms with Gasteiger partial charge in [-0.1, -0.05) is 6.42 Å². The highest BCUT2D eigenvalue weighted by atomic mass is 16.3. The number of rotatable bonds is 4. The zero-order chi connectivity index (χ0) is 10.6. The number of hydrogen-bond donors (Lipinski definition) is 1. The second kappa shape index (κ2) is 5.22. The van der Waals surface area contributed by atoms with Gasteiger partial charge in [0.2, 0.25) is 0 Å². The molecule has 0 saturated carbocycles. The van der Waals surface area contributed by atoms with E-state index in [2.05, 4.69) is 0 Å². The predicted octanol–water partition coefficient (Wildman–Crippen LogP) is -0.0119. The van der Waals surface area contributed by atoms with Crippen molar-refractivity contribution in [3.05, 3.63) is 0 Å². The number of piperidine rings is 1. The van der Waals surface area contributed by atoms with Crippen molar-refractivity contribution >= 4 is 12.6 Å². The molecule has 4 heteroatoms. The SMILES string of the molecule is CC1CCCCN1C(C=O)C(O)C=O. The van der Waals surface area contributed by atoms with Gasteiger partial charge in [-0.3, -0.25) is 4.90 Å². The van der Waals surface area contributed by atoms with Crippen LogP contribution in [0.25, 0.3) is 0 Å². The highest BCUT2D eigenvalue weighted by molar-refractivity contribution is 5.69. The number of hydrogen-bond acceptors (Lipinski definition) is 4. The molecule has 1 rings (SSSR count). The predicted molar refractivity (Wildman–Crippen MR) is 51.9 cm³/mol. The van der Waals surface area contributed by atoms with Crippen molar-refractivity contribution in [1.82, 2.24) is 4.90 Å². The molecular formula is C10H17NO3. The number of carbonyl (C=O) groups excluding carboxylic acids is 2. The molecule has 0 bridgehead atoms. The molecule has 0 radical (unpaired) electrons. The largest absolute Gasteiger partial charge is 0.384 e. The lowest BCUT2D eigenvalue weighted by Gasteiger charge is -2.37. The van der Waals surface area contributed by atoms with Gasteiger partial charge >= 0.3 is 0 Å². The number of aliphatic hydroxyl groups excluding tert-OH is 1. The van der Waals surface area contributed by atoms with Crippen LogP contribution in [-0.2, 0) is 9.59 Å². The van der Waals surface area contributed by atoms with Crippen molar-refractivity contribution in [1.29, 1.82) is 0 Å². The Kier molecular flexibility index (Phi) is 4.22. The van der Waals surface area contributed by atoms with Crippen LogP contribution in [0, 0.1) is 0 Å². The van der Waals surface area contributed by atoms with E-state index in [4.69, 9.17) is 0 Å². The van der Waals surface area contributed by atoms with Gasteiger partial charge in [0.15, 0.2) is 6.29 Å². The molecule has 0 spiro atoms. The molecule has 80 valence electrons. The van der Waals surface area contributed by atoms with Crippen molar-refractivity contribution in [2.45, 2.75) is 44.4 Å². The highest BCUT2D eigenvalue weighted by Gasteiger charge is 2.30.